The van der Waals surface area contributed by atoms with Crippen molar-refractivity contribution < 1.29 is 9.21 Å². The van der Waals surface area contributed by atoms with E-state index in [1.807, 2.05) is 60.2 Å². The molecule has 0 spiro atoms. The summed E-state index contributed by atoms with van der Waals surface area (Å²) < 4.78 is 7.75. The highest BCUT2D eigenvalue weighted by Crippen LogP contribution is 2.29. The number of amides is 2. The van der Waals surface area contributed by atoms with Gasteiger partial charge in [-0.2, -0.15) is 5.10 Å². The SMILES string of the molecule is CN(C)CCn1ccc(NC(=O)N2CCCC(c3nc4ccccc4o3)C2)n1. The average molecular weight is 382 g/mol. The van der Waals surface area contributed by atoms with Gasteiger partial charge in [0.1, 0.15) is 5.52 Å². The first-order valence-electron chi connectivity index (χ1n) is 9.68. The summed E-state index contributed by atoms with van der Waals surface area (Å²) in [7, 11) is 4.05. The van der Waals surface area contributed by atoms with E-state index in [4.69, 9.17) is 4.42 Å². The molecule has 3 heterocycles. The van der Waals surface area contributed by atoms with Gasteiger partial charge in [0.2, 0.25) is 0 Å². The standard InChI is InChI=1S/C20H26N6O2/c1-24(2)12-13-26-11-9-18(23-26)22-20(27)25-10-5-6-15(14-25)19-21-16-7-3-4-8-17(16)28-19/h3-4,7-9,11,15H,5-6,10,12-14H2,1-2H3,(H,22,23,27). The van der Waals surface area contributed by atoms with Gasteiger partial charge in [0.05, 0.1) is 12.5 Å². The number of benzene rings is 1. The van der Waals surface area contributed by atoms with E-state index in [0.717, 1.165) is 43.6 Å². The summed E-state index contributed by atoms with van der Waals surface area (Å²) in [5.41, 5.74) is 1.66. The first kappa shape index (κ1) is 18.5. The summed E-state index contributed by atoms with van der Waals surface area (Å²) >= 11 is 0. The number of hydrogen-bond acceptors (Lipinski definition) is 5. The van der Waals surface area contributed by atoms with Crippen molar-refractivity contribution in [2.24, 2.45) is 0 Å². The summed E-state index contributed by atoms with van der Waals surface area (Å²) in [6.07, 6.45) is 3.78. The zero-order valence-corrected chi connectivity index (χ0v) is 16.3. The number of urea groups is 1. The van der Waals surface area contributed by atoms with Crippen LogP contribution in [0.4, 0.5) is 10.6 Å². The first-order chi connectivity index (χ1) is 13.6. The van der Waals surface area contributed by atoms with Crippen LogP contribution in [-0.2, 0) is 6.54 Å². The van der Waals surface area contributed by atoms with Gasteiger partial charge in [-0.15, -0.1) is 0 Å². The molecule has 28 heavy (non-hydrogen) atoms. The van der Waals surface area contributed by atoms with Crippen LogP contribution in [0.15, 0.2) is 40.9 Å². The number of likely N-dealkylation sites (N-methyl/N-ethyl adjacent to an activating group) is 1. The molecule has 2 aromatic heterocycles. The van der Waals surface area contributed by atoms with Gasteiger partial charge in [0, 0.05) is 31.9 Å². The zero-order valence-electron chi connectivity index (χ0n) is 16.3. The molecule has 0 aliphatic carbocycles. The highest BCUT2D eigenvalue weighted by molar-refractivity contribution is 5.88. The number of rotatable bonds is 5. The molecule has 1 unspecified atom stereocenters. The Balaban J connectivity index is 1.38. The maximum atomic E-state index is 12.7. The van der Waals surface area contributed by atoms with Crippen molar-refractivity contribution in [3.63, 3.8) is 0 Å². The Hall–Kier alpha value is -2.87. The van der Waals surface area contributed by atoms with E-state index in [1.54, 1.807) is 0 Å². The molecule has 1 aliphatic rings. The van der Waals surface area contributed by atoms with E-state index in [9.17, 15) is 4.79 Å². The van der Waals surface area contributed by atoms with Crippen LogP contribution in [0, 0.1) is 0 Å². The highest BCUT2D eigenvalue weighted by atomic mass is 16.3. The van der Waals surface area contributed by atoms with Crippen LogP contribution in [0.25, 0.3) is 11.1 Å². The van der Waals surface area contributed by atoms with Gasteiger partial charge >= 0.3 is 6.03 Å². The largest absolute Gasteiger partial charge is 0.440 e. The van der Waals surface area contributed by atoms with Gasteiger partial charge in [-0.05, 0) is 39.1 Å². The normalized spacial score (nSPS) is 17.4. The lowest BCUT2D eigenvalue weighted by Crippen LogP contribution is -2.41. The number of hydrogen-bond donors (Lipinski definition) is 1. The van der Waals surface area contributed by atoms with Gasteiger partial charge in [0.15, 0.2) is 17.3 Å². The second-order valence-corrected chi connectivity index (χ2v) is 7.50. The second-order valence-electron chi connectivity index (χ2n) is 7.50. The van der Waals surface area contributed by atoms with Crippen molar-refractivity contribution >= 4 is 22.9 Å². The van der Waals surface area contributed by atoms with Crippen LogP contribution in [0.3, 0.4) is 0 Å². The average Bonchev–Trinajstić information content (AvgIpc) is 3.33. The third kappa shape index (κ3) is 4.17. The number of oxazole rings is 1. The fourth-order valence-corrected chi connectivity index (χ4v) is 3.47. The predicted octanol–water partition coefficient (Wildman–Crippen LogP) is 3.00. The Bertz CT molecular complexity index is 914. The van der Waals surface area contributed by atoms with Gasteiger partial charge in [0.25, 0.3) is 0 Å². The molecule has 8 heteroatoms. The van der Waals surface area contributed by atoms with E-state index in [2.05, 4.69) is 20.3 Å². The number of carbonyl (C=O) groups is 1. The van der Waals surface area contributed by atoms with Crippen LogP contribution < -0.4 is 5.32 Å². The molecular weight excluding hydrogens is 356 g/mol. The van der Waals surface area contributed by atoms with Crippen molar-refractivity contribution in [3.8, 4) is 0 Å². The molecule has 3 aromatic rings. The minimum Gasteiger partial charge on any atom is -0.440 e. The van der Waals surface area contributed by atoms with Crippen molar-refractivity contribution in [1.29, 1.82) is 0 Å². The number of aromatic nitrogens is 3. The molecule has 4 rings (SSSR count). The monoisotopic (exact) mass is 382 g/mol. The summed E-state index contributed by atoms with van der Waals surface area (Å²) in [5, 5.41) is 7.33. The zero-order chi connectivity index (χ0) is 19.5. The predicted molar refractivity (Wildman–Crippen MR) is 107 cm³/mol. The second kappa shape index (κ2) is 8.02. The van der Waals surface area contributed by atoms with E-state index in [0.29, 0.717) is 18.3 Å². The Morgan fingerprint density at radius 1 is 1.32 bits per heavy atom. The van der Waals surface area contributed by atoms with Gasteiger partial charge in [-0.25, -0.2) is 9.78 Å². The number of nitrogens with zero attached hydrogens (tertiary/aromatic N) is 5. The molecule has 148 valence electrons. The number of likely N-dealkylation sites (tertiary alicyclic amines) is 1. The smallest absolute Gasteiger partial charge is 0.323 e. The van der Waals surface area contributed by atoms with Crippen LogP contribution in [0.5, 0.6) is 0 Å². The number of nitrogens with one attached hydrogen (secondary N) is 1. The lowest BCUT2D eigenvalue weighted by Gasteiger charge is -2.31. The van der Waals surface area contributed by atoms with Crippen molar-refractivity contribution in [2.75, 3.05) is 39.0 Å². The molecule has 0 radical (unpaired) electrons. The first-order valence-corrected chi connectivity index (χ1v) is 9.68. The number of fused-ring (bicyclic) bond motifs is 1. The number of anilines is 1. The number of para-hydroxylation sites is 2. The van der Waals surface area contributed by atoms with Crippen LogP contribution in [-0.4, -0.2) is 64.3 Å². The molecule has 1 aromatic carbocycles. The molecule has 2 amide bonds. The van der Waals surface area contributed by atoms with Gasteiger partial charge < -0.3 is 14.2 Å². The van der Waals surface area contributed by atoms with Crippen molar-refractivity contribution in [1.82, 2.24) is 24.6 Å². The molecule has 1 atom stereocenters. The minimum atomic E-state index is -0.126. The van der Waals surface area contributed by atoms with Crippen LogP contribution >= 0.6 is 0 Å². The molecule has 1 saturated heterocycles. The summed E-state index contributed by atoms with van der Waals surface area (Å²) in [6.45, 7) is 3.00. The van der Waals surface area contributed by atoms with Gasteiger partial charge in [-0.1, -0.05) is 12.1 Å². The quantitative estimate of drug-likeness (QED) is 0.734. The Morgan fingerprint density at radius 2 is 2.18 bits per heavy atom. The maximum Gasteiger partial charge on any atom is 0.323 e. The fraction of sp³-hybridized carbons (Fsp3) is 0.450. The van der Waals surface area contributed by atoms with Crippen molar-refractivity contribution in [2.45, 2.75) is 25.3 Å². The number of piperidine rings is 1. The summed E-state index contributed by atoms with van der Waals surface area (Å²) in [5.74, 6) is 1.41. The third-order valence-corrected chi connectivity index (χ3v) is 5.02. The topological polar surface area (TPSA) is 79.4 Å². The minimum absolute atomic E-state index is 0.115. The van der Waals surface area contributed by atoms with E-state index >= 15 is 0 Å². The molecule has 8 nitrogen and oxygen atoms in total. The molecule has 1 N–H and O–H groups in total. The summed E-state index contributed by atoms with van der Waals surface area (Å²) in [6, 6.07) is 9.46. The Labute approximate surface area is 164 Å². The Kier molecular flexibility index (Phi) is 5.29. The van der Waals surface area contributed by atoms with Gasteiger partial charge in [-0.3, -0.25) is 10.00 Å². The highest BCUT2D eigenvalue weighted by Gasteiger charge is 2.28. The molecular formula is C20H26N6O2. The molecule has 1 aliphatic heterocycles. The third-order valence-electron chi connectivity index (χ3n) is 5.02. The van der Waals surface area contributed by atoms with Crippen LogP contribution in [0.2, 0.25) is 0 Å². The fourth-order valence-electron chi connectivity index (χ4n) is 3.47. The van der Waals surface area contributed by atoms with E-state index < -0.39 is 0 Å². The molecule has 0 saturated carbocycles. The lowest BCUT2D eigenvalue weighted by molar-refractivity contribution is 0.187. The maximum absolute atomic E-state index is 12.7. The lowest BCUT2D eigenvalue weighted by atomic mass is 9.98. The van der Waals surface area contributed by atoms with Crippen molar-refractivity contribution in [3.05, 3.63) is 42.4 Å². The number of carbonyl (C=O) groups excluding carboxylic acids is 1. The van der Waals surface area contributed by atoms with E-state index in [-0.39, 0.29) is 11.9 Å². The van der Waals surface area contributed by atoms with Crippen LogP contribution in [0.1, 0.15) is 24.7 Å². The molecule has 1 fully saturated rings. The van der Waals surface area contributed by atoms with E-state index in [1.165, 1.54) is 0 Å². The molecule has 0 bridgehead atoms. The summed E-state index contributed by atoms with van der Waals surface area (Å²) in [4.78, 5) is 21.2. The Morgan fingerprint density at radius 3 is 3.00 bits per heavy atom.